The molecule has 0 amide bonds. The first-order chi connectivity index (χ1) is 6.47. The summed E-state index contributed by atoms with van der Waals surface area (Å²) in [6.45, 7) is 8.81. The Bertz CT molecular complexity index is 263. The first kappa shape index (κ1) is 11.3. The molecular weight excluding hydrogens is 174 g/mol. The van der Waals surface area contributed by atoms with Crippen LogP contribution in [0.5, 0.6) is 0 Å². The van der Waals surface area contributed by atoms with Gasteiger partial charge >= 0.3 is 0 Å². The van der Waals surface area contributed by atoms with E-state index in [1.165, 1.54) is 18.4 Å². The van der Waals surface area contributed by atoms with Crippen LogP contribution in [-0.4, -0.2) is 12.8 Å². The highest BCUT2D eigenvalue weighted by atomic mass is 16.6. The summed E-state index contributed by atoms with van der Waals surface area (Å²) in [5, 5.41) is 4.06. The number of hydrogen-bond donors (Lipinski definition) is 0. The normalized spacial score (nSPS) is 27.1. The van der Waals surface area contributed by atoms with Crippen molar-refractivity contribution in [3.63, 3.8) is 0 Å². The van der Waals surface area contributed by atoms with Gasteiger partial charge < -0.3 is 4.84 Å². The molecule has 0 N–H and O–H groups in total. The molecule has 0 aromatic heterocycles. The zero-order valence-electron chi connectivity index (χ0n) is 9.92. The average Bonchev–Trinajstić information content (AvgIpc) is 2.01. The molecule has 2 heteroatoms. The molecule has 0 aromatic carbocycles. The minimum Gasteiger partial charge on any atom is -0.399 e. The van der Waals surface area contributed by atoms with Gasteiger partial charge in [-0.1, -0.05) is 30.7 Å². The molecule has 0 saturated carbocycles. The molecule has 0 heterocycles. The van der Waals surface area contributed by atoms with Gasteiger partial charge in [0, 0.05) is 5.92 Å². The Labute approximate surface area is 87.0 Å². The summed E-state index contributed by atoms with van der Waals surface area (Å²) in [5.74, 6) is 0.520. The van der Waals surface area contributed by atoms with Crippen molar-refractivity contribution in [2.45, 2.75) is 40.5 Å². The molecule has 0 fully saturated rings. The van der Waals surface area contributed by atoms with Crippen LogP contribution in [0.4, 0.5) is 0 Å². The molecular formula is C12H21NO. The maximum atomic E-state index is 4.84. The van der Waals surface area contributed by atoms with Crippen LogP contribution in [-0.2, 0) is 4.84 Å². The van der Waals surface area contributed by atoms with E-state index in [1.54, 1.807) is 7.11 Å². The van der Waals surface area contributed by atoms with Crippen LogP contribution >= 0.6 is 0 Å². The van der Waals surface area contributed by atoms with Crippen molar-refractivity contribution in [3.05, 3.63) is 11.6 Å². The maximum absolute atomic E-state index is 4.84. The second-order valence-corrected chi connectivity index (χ2v) is 4.82. The van der Waals surface area contributed by atoms with E-state index in [-0.39, 0.29) is 5.41 Å². The van der Waals surface area contributed by atoms with Crippen molar-refractivity contribution >= 4 is 5.71 Å². The maximum Gasteiger partial charge on any atom is 0.106 e. The molecule has 0 bridgehead atoms. The molecule has 1 rings (SSSR count). The molecule has 1 atom stereocenters. The Kier molecular flexibility index (Phi) is 3.35. The fourth-order valence-electron chi connectivity index (χ4n) is 2.51. The Balaban J connectivity index is 2.87. The van der Waals surface area contributed by atoms with E-state index in [2.05, 4.69) is 38.9 Å². The lowest BCUT2D eigenvalue weighted by Crippen LogP contribution is -2.31. The third kappa shape index (κ3) is 2.37. The van der Waals surface area contributed by atoms with E-state index in [4.69, 9.17) is 4.84 Å². The summed E-state index contributed by atoms with van der Waals surface area (Å²) in [6, 6.07) is 0. The van der Waals surface area contributed by atoms with Gasteiger partial charge in [-0.3, -0.25) is 0 Å². The highest BCUT2D eigenvalue weighted by Gasteiger charge is 2.32. The summed E-state index contributed by atoms with van der Waals surface area (Å²) in [6.07, 6.45) is 4.74. The molecule has 0 spiro atoms. The third-order valence-electron chi connectivity index (χ3n) is 3.08. The molecule has 1 unspecified atom stereocenters. The second kappa shape index (κ2) is 4.16. The van der Waals surface area contributed by atoms with Crippen LogP contribution in [0.1, 0.15) is 40.5 Å². The summed E-state index contributed by atoms with van der Waals surface area (Å²) in [4.78, 5) is 4.84. The van der Waals surface area contributed by atoms with Crippen molar-refractivity contribution in [2.24, 2.45) is 16.5 Å². The highest BCUT2D eigenvalue weighted by molar-refractivity contribution is 5.85. The summed E-state index contributed by atoms with van der Waals surface area (Å²) >= 11 is 0. The van der Waals surface area contributed by atoms with Gasteiger partial charge in [-0.25, -0.2) is 0 Å². The average molecular weight is 195 g/mol. The molecule has 1 aliphatic carbocycles. The SMILES string of the molecule is CO/N=C(\C)C1CCC(C)=CC1(C)C. The second-order valence-electron chi connectivity index (χ2n) is 4.82. The fraction of sp³-hybridized carbons (Fsp3) is 0.750. The summed E-state index contributed by atoms with van der Waals surface area (Å²) in [5.41, 5.74) is 2.83. The Morgan fingerprint density at radius 2 is 2.21 bits per heavy atom. The van der Waals surface area contributed by atoms with Gasteiger partial charge in [-0.15, -0.1) is 0 Å². The lowest BCUT2D eigenvalue weighted by atomic mass is 9.69. The van der Waals surface area contributed by atoms with Gasteiger partial charge in [-0.2, -0.15) is 0 Å². The predicted molar refractivity (Wildman–Crippen MR) is 60.4 cm³/mol. The standard InChI is InChI=1S/C12H21NO/c1-9-6-7-11(10(2)13-14-5)12(3,4)8-9/h8,11H,6-7H2,1-5H3/b13-10+. The number of allylic oxidation sites excluding steroid dienone is 2. The lowest BCUT2D eigenvalue weighted by molar-refractivity contribution is 0.205. The van der Waals surface area contributed by atoms with Gasteiger partial charge in [-0.05, 0) is 32.1 Å². The van der Waals surface area contributed by atoms with Gasteiger partial charge in [0.25, 0.3) is 0 Å². The highest BCUT2D eigenvalue weighted by Crippen LogP contribution is 2.39. The lowest BCUT2D eigenvalue weighted by Gasteiger charge is -2.35. The van der Waals surface area contributed by atoms with Crippen molar-refractivity contribution in [3.8, 4) is 0 Å². The first-order valence-electron chi connectivity index (χ1n) is 5.23. The molecule has 1 aliphatic rings. The summed E-state index contributed by atoms with van der Waals surface area (Å²) < 4.78 is 0. The van der Waals surface area contributed by atoms with E-state index >= 15 is 0 Å². The van der Waals surface area contributed by atoms with Crippen molar-refractivity contribution in [1.82, 2.24) is 0 Å². The zero-order valence-corrected chi connectivity index (χ0v) is 9.92. The topological polar surface area (TPSA) is 21.6 Å². The predicted octanol–water partition coefficient (Wildman–Crippen LogP) is 3.39. The molecule has 80 valence electrons. The fourth-order valence-corrected chi connectivity index (χ4v) is 2.51. The number of nitrogens with zero attached hydrogens (tertiary/aromatic N) is 1. The van der Waals surface area contributed by atoms with Crippen molar-refractivity contribution in [2.75, 3.05) is 7.11 Å². The molecule has 2 nitrogen and oxygen atoms in total. The van der Waals surface area contributed by atoms with Crippen molar-refractivity contribution in [1.29, 1.82) is 0 Å². The van der Waals surface area contributed by atoms with Crippen LogP contribution in [0.3, 0.4) is 0 Å². The van der Waals surface area contributed by atoms with Gasteiger partial charge in [0.15, 0.2) is 0 Å². The molecule has 0 aliphatic heterocycles. The Hall–Kier alpha value is -0.790. The minimum atomic E-state index is 0.217. The Morgan fingerprint density at radius 1 is 1.57 bits per heavy atom. The van der Waals surface area contributed by atoms with Crippen molar-refractivity contribution < 1.29 is 4.84 Å². The molecule has 0 radical (unpaired) electrons. The van der Waals surface area contributed by atoms with Crippen LogP contribution in [0.2, 0.25) is 0 Å². The summed E-state index contributed by atoms with van der Waals surface area (Å²) in [7, 11) is 1.61. The molecule has 14 heavy (non-hydrogen) atoms. The van der Waals surface area contributed by atoms with Crippen LogP contribution in [0, 0.1) is 11.3 Å². The van der Waals surface area contributed by atoms with E-state index in [0.29, 0.717) is 5.92 Å². The van der Waals surface area contributed by atoms with E-state index in [0.717, 1.165) is 5.71 Å². The number of hydrogen-bond acceptors (Lipinski definition) is 2. The smallest absolute Gasteiger partial charge is 0.106 e. The first-order valence-corrected chi connectivity index (χ1v) is 5.23. The van der Waals surface area contributed by atoms with Gasteiger partial charge in [0.1, 0.15) is 7.11 Å². The molecule has 0 saturated heterocycles. The van der Waals surface area contributed by atoms with E-state index in [1.807, 2.05) is 0 Å². The third-order valence-corrected chi connectivity index (χ3v) is 3.08. The Morgan fingerprint density at radius 3 is 2.71 bits per heavy atom. The van der Waals surface area contributed by atoms with E-state index in [9.17, 15) is 0 Å². The monoisotopic (exact) mass is 195 g/mol. The van der Waals surface area contributed by atoms with Gasteiger partial charge in [0.05, 0.1) is 5.71 Å². The quantitative estimate of drug-likeness (QED) is 0.376. The minimum absolute atomic E-state index is 0.217. The zero-order chi connectivity index (χ0) is 10.8. The van der Waals surface area contributed by atoms with Crippen LogP contribution in [0.15, 0.2) is 16.8 Å². The van der Waals surface area contributed by atoms with E-state index < -0.39 is 0 Å². The van der Waals surface area contributed by atoms with Crippen LogP contribution < -0.4 is 0 Å². The molecule has 0 aromatic rings. The number of oxime groups is 1. The van der Waals surface area contributed by atoms with Gasteiger partial charge in [0.2, 0.25) is 0 Å². The largest absolute Gasteiger partial charge is 0.399 e. The van der Waals surface area contributed by atoms with Crippen LogP contribution in [0.25, 0.3) is 0 Å². The number of rotatable bonds is 2.